The molecule has 2 heterocycles. The van der Waals surface area contributed by atoms with Crippen molar-refractivity contribution in [3.8, 4) is 0 Å². The molecule has 1 N–H and O–H groups in total. The SMILES string of the molecule is COC(=O)c1c(C)[nH]c(C(=O)N(C)C(C)c2ccco2)c1C. The Morgan fingerprint density at radius 3 is 2.59 bits per heavy atom. The second-order valence-corrected chi connectivity index (χ2v) is 5.22. The molecule has 2 aromatic rings. The first-order chi connectivity index (χ1) is 10.4. The Bertz CT molecular complexity index is 685. The Kier molecular flexibility index (Phi) is 4.40. The Morgan fingerprint density at radius 2 is 2.05 bits per heavy atom. The van der Waals surface area contributed by atoms with Crippen molar-refractivity contribution in [2.75, 3.05) is 14.2 Å². The minimum atomic E-state index is -0.452. The molecule has 0 aromatic carbocycles. The Labute approximate surface area is 129 Å². The average molecular weight is 304 g/mol. The van der Waals surface area contributed by atoms with Crippen LogP contribution in [0.3, 0.4) is 0 Å². The van der Waals surface area contributed by atoms with Crippen molar-refractivity contribution in [2.45, 2.75) is 26.8 Å². The number of nitrogens with one attached hydrogen (secondary N) is 1. The number of H-pyrrole nitrogens is 1. The lowest BCUT2D eigenvalue weighted by atomic mass is 10.1. The molecule has 0 spiro atoms. The summed E-state index contributed by atoms with van der Waals surface area (Å²) in [5.41, 5.74) is 2.00. The first-order valence-corrected chi connectivity index (χ1v) is 6.96. The van der Waals surface area contributed by atoms with E-state index in [1.54, 1.807) is 38.1 Å². The number of methoxy groups -OCH3 is 1. The molecule has 1 unspecified atom stereocenters. The lowest BCUT2D eigenvalue weighted by Crippen LogP contribution is -2.30. The van der Waals surface area contributed by atoms with E-state index in [1.165, 1.54) is 7.11 Å². The lowest BCUT2D eigenvalue weighted by molar-refractivity contribution is 0.0599. The van der Waals surface area contributed by atoms with Gasteiger partial charge in [0, 0.05) is 12.7 Å². The third-order valence-corrected chi connectivity index (χ3v) is 3.90. The van der Waals surface area contributed by atoms with Gasteiger partial charge in [0.1, 0.15) is 11.5 Å². The molecule has 1 amide bonds. The smallest absolute Gasteiger partial charge is 0.339 e. The van der Waals surface area contributed by atoms with Gasteiger partial charge < -0.3 is 19.0 Å². The van der Waals surface area contributed by atoms with Crippen molar-refractivity contribution < 1.29 is 18.7 Å². The van der Waals surface area contributed by atoms with E-state index >= 15 is 0 Å². The maximum atomic E-state index is 12.7. The fourth-order valence-corrected chi connectivity index (χ4v) is 2.44. The van der Waals surface area contributed by atoms with Gasteiger partial charge in [-0.2, -0.15) is 0 Å². The van der Waals surface area contributed by atoms with E-state index in [2.05, 4.69) is 4.98 Å². The van der Waals surface area contributed by atoms with Crippen LogP contribution in [0, 0.1) is 13.8 Å². The quantitative estimate of drug-likeness (QED) is 0.881. The number of rotatable bonds is 4. The molecular weight excluding hydrogens is 284 g/mol. The summed E-state index contributed by atoms with van der Waals surface area (Å²) in [4.78, 5) is 29.0. The van der Waals surface area contributed by atoms with Gasteiger partial charge in [0.15, 0.2) is 0 Å². The van der Waals surface area contributed by atoms with Crippen LogP contribution < -0.4 is 0 Å². The molecule has 118 valence electrons. The van der Waals surface area contributed by atoms with E-state index in [1.807, 2.05) is 13.0 Å². The van der Waals surface area contributed by atoms with E-state index in [4.69, 9.17) is 9.15 Å². The van der Waals surface area contributed by atoms with E-state index in [-0.39, 0.29) is 11.9 Å². The van der Waals surface area contributed by atoms with Gasteiger partial charge in [0.25, 0.3) is 5.91 Å². The van der Waals surface area contributed by atoms with Gasteiger partial charge in [-0.3, -0.25) is 4.79 Å². The summed E-state index contributed by atoms with van der Waals surface area (Å²) in [6, 6.07) is 3.39. The second kappa shape index (κ2) is 6.09. The van der Waals surface area contributed by atoms with E-state index in [9.17, 15) is 9.59 Å². The van der Waals surface area contributed by atoms with Gasteiger partial charge in [-0.05, 0) is 38.5 Å². The van der Waals surface area contributed by atoms with Gasteiger partial charge in [0.05, 0.1) is 25.0 Å². The van der Waals surface area contributed by atoms with Crippen LogP contribution in [0.4, 0.5) is 0 Å². The fourth-order valence-electron chi connectivity index (χ4n) is 2.44. The van der Waals surface area contributed by atoms with E-state index in [0.29, 0.717) is 28.3 Å². The molecule has 2 aromatic heterocycles. The predicted octanol–water partition coefficient (Wildman–Crippen LogP) is 2.84. The number of hydrogen-bond donors (Lipinski definition) is 1. The van der Waals surface area contributed by atoms with Gasteiger partial charge >= 0.3 is 5.97 Å². The third kappa shape index (κ3) is 2.64. The highest BCUT2D eigenvalue weighted by Gasteiger charge is 2.27. The number of nitrogens with zero attached hydrogens (tertiary/aromatic N) is 1. The molecule has 1 atom stereocenters. The molecule has 0 aliphatic rings. The Balaban J connectivity index is 2.32. The van der Waals surface area contributed by atoms with Crippen LogP contribution in [0.25, 0.3) is 0 Å². The number of aryl methyl sites for hydroxylation is 1. The minimum absolute atomic E-state index is 0.209. The van der Waals surface area contributed by atoms with Crippen LogP contribution in [0.15, 0.2) is 22.8 Å². The zero-order valence-corrected chi connectivity index (χ0v) is 13.4. The van der Waals surface area contributed by atoms with E-state index in [0.717, 1.165) is 0 Å². The number of carbonyl (C=O) groups excluding carboxylic acids is 2. The second-order valence-electron chi connectivity index (χ2n) is 5.22. The zero-order chi connectivity index (χ0) is 16.4. The van der Waals surface area contributed by atoms with Crippen molar-refractivity contribution in [3.63, 3.8) is 0 Å². The molecule has 0 aliphatic heterocycles. The monoisotopic (exact) mass is 304 g/mol. The number of hydrogen-bond acceptors (Lipinski definition) is 4. The molecular formula is C16H20N2O4. The largest absolute Gasteiger partial charge is 0.467 e. The van der Waals surface area contributed by atoms with Gasteiger partial charge in [-0.15, -0.1) is 0 Å². The fraction of sp³-hybridized carbons (Fsp3) is 0.375. The number of amides is 1. The maximum absolute atomic E-state index is 12.7. The van der Waals surface area contributed by atoms with Crippen molar-refractivity contribution in [1.29, 1.82) is 0 Å². The summed E-state index contributed by atoms with van der Waals surface area (Å²) >= 11 is 0. The third-order valence-electron chi connectivity index (χ3n) is 3.90. The summed E-state index contributed by atoms with van der Waals surface area (Å²) < 4.78 is 10.1. The molecule has 0 bridgehead atoms. The average Bonchev–Trinajstić information content (AvgIpc) is 3.13. The van der Waals surface area contributed by atoms with Crippen molar-refractivity contribution in [1.82, 2.24) is 9.88 Å². The number of aromatic nitrogens is 1. The van der Waals surface area contributed by atoms with E-state index < -0.39 is 5.97 Å². The summed E-state index contributed by atoms with van der Waals surface area (Å²) in [7, 11) is 3.02. The van der Waals surface area contributed by atoms with Crippen LogP contribution in [0.1, 0.15) is 50.8 Å². The molecule has 0 radical (unpaired) electrons. The maximum Gasteiger partial charge on any atom is 0.339 e. The summed E-state index contributed by atoms with van der Waals surface area (Å²) in [6.07, 6.45) is 1.57. The first-order valence-electron chi connectivity index (χ1n) is 6.96. The molecule has 6 heteroatoms. The van der Waals surface area contributed by atoms with Gasteiger partial charge in [-0.1, -0.05) is 0 Å². The standard InChI is InChI=1S/C16H20N2O4/c1-9-13(16(20)21-5)10(2)17-14(9)15(19)18(4)11(3)12-7-6-8-22-12/h6-8,11,17H,1-5H3. The number of carbonyl (C=O) groups is 2. The molecule has 0 aliphatic carbocycles. The number of esters is 1. The zero-order valence-electron chi connectivity index (χ0n) is 13.4. The Morgan fingerprint density at radius 1 is 1.36 bits per heavy atom. The molecule has 22 heavy (non-hydrogen) atoms. The number of furan rings is 1. The van der Waals surface area contributed by atoms with Gasteiger partial charge in [0.2, 0.25) is 0 Å². The molecule has 0 saturated carbocycles. The normalized spacial score (nSPS) is 12.0. The highest BCUT2D eigenvalue weighted by molar-refractivity contribution is 6.00. The topological polar surface area (TPSA) is 75.5 Å². The molecule has 2 rings (SSSR count). The predicted molar refractivity (Wildman–Crippen MR) is 80.8 cm³/mol. The summed E-state index contributed by atoms with van der Waals surface area (Å²) in [5, 5.41) is 0. The van der Waals surface area contributed by atoms with Crippen LogP contribution in [-0.2, 0) is 4.74 Å². The number of aromatic amines is 1. The Hall–Kier alpha value is -2.50. The van der Waals surface area contributed by atoms with Gasteiger partial charge in [-0.25, -0.2) is 4.79 Å². The van der Waals surface area contributed by atoms with Crippen LogP contribution in [-0.4, -0.2) is 35.9 Å². The molecule has 0 saturated heterocycles. The minimum Gasteiger partial charge on any atom is -0.467 e. The highest BCUT2D eigenvalue weighted by Crippen LogP contribution is 2.24. The van der Waals surface area contributed by atoms with Crippen LogP contribution in [0.5, 0.6) is 0 Å². The molecule has 6 nitrogen and oxygen atoms in total. The van der Waals surface area contributed by atoms with Crippen LogP contribution >= 0.6 is 0 Å². The molecule has 0 fully saturated rings. The van der Waals surface area contributed by atoms with Crippen molar-refractivity contribution in [2.24, 2.45) is 0 Å². The highest BCUT2D eigenvalue weighted by atomic mass is 16.5. The van der Waals surface area contributed by atoms with Crippen molar-refractivity contribution in [3.05, 3.63) is 46.7 Å². The van der Waals surface area contributed by atoms with Crippen LogP contribution in [0.2, 0.25) is 0 Å². The first kappa shape index (κ1) is 15.9. The summed E-state index contributed by atoms with van der Waals surface area (Å²) in [5.74, 6) is 0.0386. The lowest BCUT2D eigenvalue weighted by Gasteiger charge is -2.23. The summed E-state index contributed by atoms with van der Waals surface area (Å²) in [6.45, 7) is 5.35. The van der Waals surface area contributed by atoms with Crippen molar-refractivity contribution >= 4 is 11.9 Å². The number of ether oxygens (including phenoxy) is 1.